The summed E-state index contributed by atoms with van der Waals surface area (Å²) in [5.74, 6) is -2.91. The molecule has 10 heteroatoms. The summed E-state index contributed by atoms with van der Waals surface area (Å²) in [6.07, 6.45) is 1.81. The van der Waals surface area contributed by atoms with Crippen LogP contribution in [0.4, 0.5) is 8.78 Å². The molecule has 0 aliphatic carbocycles. The number of esters is 2. The third-order valence-electron chi connectivity index (χ3n) is 6.68. The Kier molecular flexibility index (Phi) is 10.4. The van der Waals surface area contributed by atoms with Gasteiger partial charge in [0.2, 0.25) is 0 Å². The highest BCUT2D eigenvalue weighted by molar-refractivity contribution is 5.81. The lowest BCUT2D eigenvalue weighted by molar-refractivity contribution is -0.153. The first-order valence-corrected chi connectivity index (χ1v) is 13.3. The van der Waals surface area contributed by atoms with Gasteiger partial charge in [-0.15, -0.1) is 0 Å². The molecule has 0 aliphatic rings. The summed E-state index contributed by atoms with van der Waals surface area (Å²) in [7, 11) is 1.23. The van der Waals surface area contributed by atoms with Crippen LogP contribution in [0, 0.1) is 17.0 Å². The molecular formula is C31H37F2N3O5. The number of carbonyl (C=O) groups is 3. The summed E-state index contributed by atoms with van der Waals surface area (Å²) >= 11 is 0. The fourth-order valence-electron chi connectivity index (χ4n) is 4.80. The number of methoxy groups -OCH3 is 1. The van der Waals surface area contributed by atoms with Crippen molar-refractivity contribution in [1.29, 1.82) is 0 Å². The minimum Gasteiger partial charge on any atom is -0.468 e. The summed E-state index contributed by atoms with van der Waals surface area (Å²) in [5.41, 5.74) is 7.51. The molecule has 41 heavy (non-hydrogen) atoms. The fourth-order valence-corrected chi connectivity index (χ4v) is 4.80. The minimum absolute atomic E-state index is 0.0402. The Bertz CT molecular complexity index is 1370. The number of ether oxygens (including phenoxy) is 2. The number of benzene rings is 2. The third kappa shape index (κ3) is 8.23. The third-order valence-corrected chi connectivity index (χ3v) is 6.68. The summed E-state index contributed by atoms with van der Waals surface area (Å²) in [5, 5.41) is 0. The highest BCUT2D eigenvalue weighted by Crippen LogP contribution is 2.41. The first-order chi connectivity index (χ1) is 19.3. The number of nitrogens with two attached hydrogens (primary N) is 1. The van der Waals surface area contributed by atoms with E-state index in [2.05, 4.69) is 0 Å². The number of nitrogens with zero attached hydrogens (tertiary/aromatic N) is 2. The zero-order valence-corrected chi connectivity index (χ0v) is 24.0. The van der Waals surface area contributed by atoms with Crippen LogP contribution in [-0.2, 0) is 30.4 Å². The van der Waals surface area contributed by atoms with E-state index in [1.54, 1.807) is 12.3 Å². The summed E-state index contributed by atoms with van der Waals surface area (Å²) < 4.78 is 40.8. The van der Waals surface area contributed by atoms with E-state index in [0.717, 1.165) is 23.8 Å². The largest absolute Gasteiger partial charge is 0.468 e. The minimum atomic E-state index is -0.988. The lowest BCUT2D eigenvalue weighted by Crippen LogP contribution is -2.46. The topological polar surface area (TPSA) is 104 Å². The van der Waals surface area contributed by atoms with Crippen molar-refractivity contribution in [3.63, 3.8) is 0 Å². The molecule has 8 nitrogen and oxygen atoms in total. The molecule has 2 atom stereocenters. The number of amides is 1. The van der Waals surface area contributed by atoms with Crippen LogP contribution in [0.1, 0.15) is 51.4 Å². The quantitative estimate of drug-likeness (QED) is 0.331. The van der Waals surface area contributed by atoms with Crippen LogP contribution in [0.3, 0.4) is 0 Å². The van der Waals surface area contributed by atoms with Crippen LogP contribution in [-0.4, -0.2) is 53.6 Å². The number of halogens is 2. The smallest absolute Gasteiger partial charge is 0.322 e. The average Bonchev–Trinajstić information content (AvgIpc) is 3.32. The van der Waals surface area contributed by atoms with E-state index >= 15 is 0 Å². The lowest BCUT2D eigenvalue weighted by atomic mass is 9.82. The molecule has 2 N–H and O–H groups in total. The van der Waals surface area contributed by atoms with Crippen molar-refractivity contribution >= 4 is 17.8 Å². The number of hydrogen-bond acceptors (Lipinski definition) is 6. The van der Waals surface area contributed by atoms with E-state index < -0.39 is 53.6 Å². The Balaban J connectivity index is 2.18. The van der Waals surface area contributed by atoms with Crippen molar-refractivity contribution in [3.8, 4) is 11.1 Å². The SMILES string of the molecule is COC(=O)[C@@H](N)CCN(C(=O)COC(C)=O)C(c1cc(-c2cc(F)ccc2F)cn1Cc1ccccc1)C(C)(C)C. The van der Waals surface area contributed by atoms with E-state index in [-0.39, 0.29) is 18.5 Å². The van der Waals surface area contributed by atoms with Gasteiger partial charge in [0, 0.05) is 43.0 Å². The highest BCUT2D eigenvalue weighted by Gasteiger charge is 2.38. The Morgan fingerprint density at radius 1 is 1.05 bits per heavy atom. The second-order valence-corrected chi connectivity index (χ2v) is 10.9. The predicted molar refractivity (Wildman–Crippen MR) is 150 cm³/mol. The van der Waals surface area contributed by atoms with Gasteiger partial charge in [0.1, 0.15) is 17.7 Å². The van der Waals surface area contributed by atoms with Gasteiger partial charge >= 0.3 is 11.9 Å². The van der Waals surface area contributed by atoms with Crippen LogP contribution >= 0.6 is 0 Å². The zero-order chi connectivity index (χ0) is 30.3. The molecule has 220 valence electrons. The van der Waals surface area contributed by atoms with Gasteiger partial charge in [0.15, 0.2) is 6.61 Å². The molecular weight excluding hydrogens is 532 g/mol. The van der Waals surface area contributed by atoms with Crippen LogP contribution in [0.5, 0.6) is 0 Å². The van der Waals surface area contributed by atoms with Gasteiger partial charge in [-0.05, 0) is 41.7 Å². The molecule has 0 aliphatic heterocycles. The van der Waals surface area contributed by atoms with Gasteiger partial charge in [-0.25, -0.2) is 8.78 Å². The predicted octanol–water partition coefficient (Wildman–Crippen LogP) is 4.85. The Labute approximate surface area is 239 Å². The lowest BCUT2D eigenvalue weighted by Gasteiger charge is -2.41. The monoisotopic (exact) mass is 569 g/mol. The van der Waals surface area contributed by atoms with Crippen molar-refractivity contribution < 1.29 is 32.6 Å². The van der Waals surface area contributed by atoms with E-state index in [1.165, 1.54) is 18.9 Å². The molecule has 2 aromatic carbocycles. The van der Waals surface area contributed by atoms with Gasteiger partial charge in [-0.1, -0.05) is 51.1 Å². The van der Waals surface area contributed by atoms with Crippen LogP contribution in [0.25, 0.3) is 11.1 Å². The van der Waals surface area contributed by atoms with E-state index in [0.29, 0.717) is 17.8 Å². The molecule has 0 spiro atoms. The molecule has 0 radical (unpaired) electrons. The molecule has 1 heterocycles. The number of carbonyl (C=O) groups excluding carboxylic acids is 3. The van der Waals surface area contributed by atoms with Crippen molar-refractivity contribution in [2.45, 2.75) is 52.7 Å². The molecule has 3 rings (SSSR count). The molecule has 0 saturated heterocycles. The van der Waals surface area contributed by atoms with Crippen LogP contribution < -0.4 is 5.73 Å². The van der Waals surface area contributed by atoms with Gasteiger partial charge < -0.3 is 24.7 Å². The van der Waals surface area contributed by atoms with Crippen LogP contribution in [0.15, 0.2) is 60.8 Å². The van der Waals surface area contributed by atoms with Crippen molar-refractivity contribution in [2.24, 2.45) is 11.1 Å². The van der Waals surface area contributed by atoms with Gasteiger partial charge in [-0.2, -0.15) is 0 Å². The van der Waals surface area contributed by atoms with Crippen molar-refractivity contribution in [1.82, 2.24) is 9.47 Å². The Hall–Kier alpha value is -4.05. The molecule has 3 aromatic rings. The molecule has 0 fully saturated rings. The number of hydrogen-bond donors (Lipinski definition) is 1. The highest BCUT2D eigenvalue weighted by atomic mass is 19.1. The van der Waals surface area contributed by atoms with Gasteiger partial charge in [-0.3, -0.25) is 14.4 Å². The zero-order valence-electron chi connectivity index (χ0n) is 24.0. The molecule has 1 unspecified atom stereocenters. The fraction of sp³-hybridized carbons (Fsp3) is 0.387. The number of rotatable bonds is 11. The normalized spacial score (nSPS) is 12.9. The first kappa shape index (κ1) is 31.5. The Morgan fingerprint density at radius 3 is 2.34 bits per heavy atom. The van der Waals surface area contributed by atoms with Gasteiger partial charge in [0.25, 0.3) is 5.91 Å². The standard InChI is InChI=1S/C31H37F2N3O5/c1-20(37)41-19-28(38)36(14-13-26(34)30(39)40-5)29(31(2,3)4)27-15-22(24-16-23(32)11-12-25(24)33)18-35(27)17-21-9-7-6-8-10-21/h6-12,15-16,18,26,29H,13-14,17,19,34H2,1-5H3/t26-,29?/m0/s1. The van der Waals surface area contributed by atoms with Crippen molar-refractivity contribution in [2.75, 3.05) is 20.3 Å². The van der Waals surface area contributed by atoms with E-state index in [9.17, 15) is 23.2 Å². The summed E-state index contributed by atoms with van der Waals surface area (Å²) in [6, 6.07) is 12.9. The second-order valence-electron chi connectivity index (χ2n) is 10.9. The van der Waals surface area contributed by atoms with E-state index in [4.69, 9.17) is 15.2 Å². The average molecular weight is 570 g/mol. The van der Waals surface area contributed by atoms with E-state index in [1.807, 2.05) is 55.7 Å². The number of aromatic nitrogens is 1. The maximum absolute atomic E-state index is 14.9. The summed E-state index contributed by atoms with van der Waals surface area (Å²) in [4.78, 5) is 38.7. The maximum atomic E-state index is 14.9. The molecule has 1 aromatic heterocycles. The van der Waals surface area contributed by atoms with Crippen molar-refractivity contribution in [3.05, 3.63) is 83.7 Å². The molecule has 1 amide bonds. The molecule has 0 bridgehead atoms. The second kappa shape index (κ2) is 13.5. The Morgan fingerprint density at radius 2 is 1.73 bits per heavy atom. The molecule has 0 saturated carbocycles. The first-order valence-electron chi connectivity index (χ1n) is 13.3. The maximum Gasteiger partial charge on any atom is 0.322 e. The van der Waals surface area contributed by atoms with Crippen LogP contribution in [0.2, 0.25) is 0 Å². The summed E-state index contributed by atoms with van der Waals surface area (Å²) in [6.45, 7) is 6.92. The van der Waals surface area contributed by atoms with Gasteiger partial charge in [0.05, 0.1) is 13.2 Å².